The van der Waals surface area contributed by atoms with Crippen molar-refractivity contribution in [1.82, 2.24) is 4.57 Å². The number of anilines is 2. The highest BCUT2D eigenvalue weighted by Gasteiger charge is 2.37. The minimum atomic E-state index is 0.266. The van der Waals surface area contributed by atoms with Gasteiger partial charge in [-0.15, -0.1) is 22.7 Å². The van der Waals surface area contributed by atoms with Crippen LogP contribution in [0.3, 0.4) is 0 Å². The van der Waals surface area contributed by atoms with Crippen LogP contribution in [0.4, 0.5) is 11.4 Å². The highest BCUT2D eigenvalue weighted by molar-refractivity contribution is 7.23. The van der Waals surface area contributed by atoms with Crippen LogP contribution in [0.25, 0.3) is 68.5 Å². The van der Waals surface area contributed by atoms with Gasteiger partial charge >= 0.3 is 0 Å². The lowest BCUT2D eigenvalue weighted by atomic mass is 9.91. The quantitative estimate of drug-likeness (QED) is 0.168. The molecule has 0 spiro atoms. The number of nitrogens with zero attached hydrogens (tertiary/aromatic N) is 2. The van der Waals surface area contributed by atoms with Crippen LogP contribution in [0.15, 0.2) is 194 Å². The Morgan fingerprint density at radius 2 is 0.930 bits per heavy atom. The summed E-state index contributed by atoms with van der Waals surface area (Å²) in [6.07, 6.45) is 9.02. The number of fused-ring (bicyclic) bond motifs is 8. The predicted molar refractivity (Wildman–Crippen MR) is 242 cm³/mol. The van der Waals surface area contributed by atoms with Crippen LogP contribution in [0.5, 0.6) is 11.5 Å². The molecule has 2 atom stereocenters. The van der Waals surface area contributed by atoms with Gasteiger partial charge in [-0.25, -0.2) is 0 Å². The average molecular weight is 767 g/mol. The Hall–Kier alpha value is -6.66. The van der Waals surface area contributed by atoms with Crippen LogP contribution in [0.2, 0.25) is 0 Å². The molecule has 12 rings (SSSR count). The maximum Gasteiger partial charge on any atom is 0.153 e. The zero-order valence-electron chi connectivity index (χ0n) is 30.7. The first-order valence-electron chi connectivity index (χ1n) is 19.4. The van der Waals surface area contributed by atoms with Gasteiger partial charge in [0.05, 0.1) is 26.8 Å². The highest BCUT2D eigenvalue weighted by Crippen LogP contribution is 2.53. The molecule has 3 aromatic heterocycles. The number of ether oxygens (including phenoxy) is 1. The summed E-state index contributed by atoms with van der Waals surface area (Å²) in [5.41, 5.74) is 9.69. The number of hydrogen-bond acceptors (Lipinski definition) is 4. The van der Waals surface area contributed by atoms with E-state index in [1.54, 1.807) is 22.7 Å². The van der Waals surface area contributed by atoms with Gasteiger partial charge in [0.25, 0.3) is 0 Å². The van der Waals surface area contributed by atoms with Gasteiger partial charge in [0, 0.05) is 53.9 Å². The Labute approximate surface area is 338 Å². The largest absolute Gasteiger partial charge is 0.453 e. The molecule has 10 aromatic rings. The molecule has 1 aliphatic heterocycles. The highest BCUT2D eigenvalue weighted by atomic mass is 32.1. The van der Waals surface area contributed by atoms with E-state index in [0.717, 1.165) is 48.8 Å². The summed E-state index contributed by atoms with van der Waals surface area (Å²) < 4.78 is 12.1. The number of thiophene rings is 2. The van der Waals surface area contributed by atoms with Gasteiger partial charge < -0.3 is 14.2 Å². The third kappa shape index (κ3) is 5.09. The molecule has 270 valence electrons. The zero-order valence-corrected chi connectivity index (χ0v) is 32.4. The van der Waals surface area contributed by atoms with Crippen molar-refractivity contribution in [3.63, 3.8) is 0 Å². The third-order valence-corrected chi connectivity index (χ3v) is 14.0. The molecule has 1 aliphatic carbocycles. The minimum Gasteiger partial charge on any atom is -0.453 e. The Balaban J connectivity index is 0.948. The summed E-state index contributed by atoms with van der Waals surface area (Å²) in [6.45, 7) is 0. The van der Waals surface area contributed by atoms with Gasteiger partial charge in [-0.3, -0.25) is 0 Å². The van der Waals surface area contributed by atoms with E-state index in [4.69, 9.17) is 4.74 Å². The third-order valence-electron chi connectivity index (χ3n) is 11.6. The van der Waals surface area contributed by atoms with Crippen LogP contribution in [0, 0.1) is 0 Å². The molecule has 2 aliphatic rings. The van der Waals surface area contributed by atoms with Gasteiger partial charge in [0.15, 0.2) is 11.5 Å². The molecular formula is C52H34N2OS2. The standard InChI is InChI=1S/C52H34N2OS2/c1-7-19-43-37(13-1)38-14-2-8-20-44(38)53(43)35-29-25-33(26-30-35)51-49(41-17-5-11-23-47(41)56-51)55-50-42-18-6-12-24-48(42)57-52(50)34-27-31-36(32-28-34)54-45-21-9-3-15-39(45)40-16-4-10-22-46(40)54/h1-32,37,43H. The van der Waals surface area contributed by atoms with Crippen molar-refractivity contribution in [2.75, 3.05) is 4.90 Å². The molecule has 5 heteroatoms. The van der Waals surface area contributed by atoms with Crippen molar-refractivity contribution >= 4 is 76.0 Å². The summed E-state index contributed by atoms with van der Waals surface area (Å²) in [5.74, 6) is 2.16. The van der Waals surface area contributed by atoms with Crippen molar-refractivity contribution in [3.8, 4) is 38.1 Å². The summed E-state index contributed by atoms with van der Waals surface area (Å²) in [5, 5.41) is 4.77. The van der Waals surface area contributed by atoms with E-state index in [1.165, 1.54) is 48.1 Å². The Bertz CT molecular complexity index is 3180. The van der Waals surface area contributed by atoms with E-state index in [2.05, 4.69) is 204 Å². The number of para-hydroxylation sites is 3. The molecule has 0 saturated carbocycles. The average Bonchev–Trinajstić information content (AvgIpc) is 4.02. The van der Waals surface area contributed by atoms with E-state index >= 15 is 0 Å². The second-order valence-electron chi connectivity index (χ2n) is 14.8. The molecule has 0 saturated heterocycles. The summed E-state index contributed by atoms with van der Waals surface area (Å²) in [4.78, 5) is 4.74. The molecule has 2 unspecified atom stereocenters. The number of aromatic nitrogens is 1. The Morgan fingerprint density at radius 1 is 0.439 bits per heavy atom. The van der Waals surface area contributed by atoms with Crippen LogP contribution in [-0.4, -0.2) is 10.6 Å². The molecule has 0 bridgehead atoms. The van der Waals surface area contributed by atoms with Crippen LogP contribution < -0.4 is 9.64 Å². The monoisotopic (exact) mass is 766 g/mol. The first-order chi connectivity index (χ1) is 28.3. The van der Waals surface area contributed by atoms with Gasteiger partial charge in [-0.1, -0.05) is 127 Å². The van der Waals surface area contributed by atoms with E-state index in [1.807, 2.05) is 0 Å². The second-order valence-corrected chi connectivity index (χ2v) is 16.9. The fourth-order valence-electron chi connectivity index (χ4n) is 9.05. The van der Waals surface area contributed by atoms with Crippen molar-refractivity contribution in [1.29, 1.82) is 0 Å². The summed E-state index contributed by atoms with van der Waals surface area (Å²) in [7, 11) is 0. The normalized spacial score (nSPS) is 15.9. The van der Waals surface area contributed by atoms with E-state index in [-0.39, 0.29) is 6.04 Å². The maximum absolute atomic E-state index is 7.31. The summed E-state index contributed by atoms with van der Waals surface area (Å²) >= 11 is 3.58. The minimum absolute atomic E-state index is 0.266. The number of rotatable bonds is 6. The molecule has 4 heterocycles. The van der Waals surface area contributed by atoms with Gasteiger partial charge in [-0.2, -0.15) is 0 Å². The fraction of sp³-hybridized carbons (Fsp3) is 0.0385. The number of allylic oxidation sites excluding steroid dienone is 2. The molecule has 0 radical (unpaired) electrons. The lowest BCUT2D eigenvalue weighted by Gasteiger charge is -2.28. The molecular weight excluding hydrogens is 733 g/mol. The van der Waals surface area contributed by atoms with Crippen molar-refractivity contribution in [2.45, 2.75) is 12.0 Å². The van der Waals surface area contributed by atoms with E-state index in [0.29, 0.717) is 5.92 Å². The molecule has 0 fully saturated rings. The topological polar surface area (TPSA) is 17.4 Å². The number of benzene rings is 7. The van der Waals surface area contributed by atoms with E-state index in [9.17, 15) is 0 Å². The van der Waals surface area contributed by atoms with Crippen LogP contribution in [0.1, 0.15) is 11.5 Å². The summed E-state index contributed by atoms with van der Waals surface area (Å²) in [6, 6.07) is 61.8. The van der Waals surface area contributed by atoms with Crippen molar-refractivity contribution in [2.24, 2.45) is 0 Å². The fourth-order valence-corrected chi connectivity index (χ4v) is 11.3. The van der Waals surface area contributed by atoms with Gasteiger partial charge in [0.2, 0.25) is 0 Å². The maximum atomic E-state index is 7.31. The molecule has 7 aromatic carbocycles. The molecule has 57 heavy (non-hydrogen) atoms. The lowest BCUT2D eigenvalue weighted by molar-refractivity contribution is 0.501. The Morgan fingerprint density at radius 3 is 1.54 bits per heavy atom. The molecule has 3 nitrogen and oxygen atoms in total. The predicted octanol–water partition coefficient (Wildman–Crippen LogP) is 15.1. The van der Waals surface area contributed by atoms with Crippen molar-refractivity contribution in [3.05, 3.63) is 200 Å². The van der Waals surface area contributed by atoms with Gasteiger partial charge in [-0.05, 0) is 83.4 Å². The molecule has 0 N–H and O–H groups in total. The van der Waals surface area contributed by atoms with E-state index < -0.39 is 0 Å². The first-order valence-corrected chi connectivity index (χ1v) is 21.1. The second kappa shape index (κ2) is 13.0. The van der Waals surface area contributed by atoms with Gasteiger partial charge in [0.1, 0.15) is 0 Å². The van der Waals surface area contributed by atoms with Crippen molar-refractivity contribution < 1.29 is 4.74 Å². The number of hydrogen-bond donors (Lipinski definition) is 0. The van der Waals surface area contributed by atoms with Crippen LogP contribution >= 0.6 is 22.7 Å². The first kappa shape index (κ1) is 32.6. The lowest BCUT2D eigenvalue weighted by Crippen LogP contribution is -2.28. The smallest absolute Gasteiger partial charge is 0.153 e. The molecule has 0 amide bonds. The Kier molecular flexibility index (Phi) is 7.40. The van der Waals surface area contributed by atoms with Crippen LogP contribution in [-0.2, 0) is 0 Å². The zero-order chi connectivity index (χ0) is 37.5. The SMILES string of the molecule is C1=CC2c3ccccc3N(c3ccc(-c4sc5ccccc5c4Oc4c(-c5ccc(-n6c7ccccc7c7ccccc76)cc5)sc5ccccc45)cc3)C2C=C1.